The van der Waals surface area contributed by atoms with Crippen LogP contribution in [0.4, 0.5) is 0 Å². The van der Waals surface area contributed by atoms with Gasteiger partial charge in [0.1, 0.15) is 18.3 Å². The third kappa shape index (κ3) is 6.73. The quantitative estimate of drug-likeness (QED) is 0.187. The lowest BCUT2D eigenvalue weighted by molar-refractivity contribution is -0.0542. The predicted octanol–water partition coefficient (Wildman–Crippen LogP) is -2.50. The first-order valence-electron chi connectivity index (χ1n) is 7.22. The van der Waals surface area contributed by atoms with Crippen LogP contribution in [0.1, 0.15) is 6.23 Å². The summed E-state index contributed by atoms with van der Waals surface area (Å²) in [6.45, 7) is -1.05. The zero-order valence-corrected chi connectivity index (χ0v) is 16.5. The van der Waals surface area contributed by atoms with Gasteiger partial charge in [-0.3, -0.25) is 18.9 Å². The molecule has 0 saturated carbocycles. The first-order valence-corrected chi connectivity index (χ1v) is 11.7. The van der Waals surface area contributed by atoms with E-state index >= 15 is 0 Å². The Morgan fingerprint density at radius 1 is 1.03 bits per heavy atom. The van der Waals surface area contributed by atoms with Crippen molar-refractivity contribution in [3.8, 4) is 0 Å². The van der Waals surface area contributed by atoms with Gasteiger partial charge >= 0.3 is 29.2 Å². The molecule has 17 nitrogen and oxygen atoms in total. The van der Waals surface area contributed by atoms with Gasteiger partial charge in [-0.1, -0.05) is 0 Å². The maximum absolute atomic E-state index is 11.7. The van der Waals surface area contributed by atoms with Crippen molar-refractivity contribution in [2.24, 2.45) is 0 Å². The highest BCUT2D eigenvalue weighted by molar-refractivity contribution is 7.66. The van der Waals surface area contributed by atoms with E-state index in [1.807, 2.05) is 4.98 Å². The lowest BCUT2D eigenvalue weighted by Gasteiger charge is -2.19. The van der Waals surface area contributed by atoms with Crippen molar-refractivity contribution < 1.29 is 61.4 Å². The van der Waals surface area contributed by atoms with Crippen LogP contribution in [-0.2, 0) is 31.6 Å². The third-order valence-corrected chi connectivity index (χ3v) is 7.08. The highest BCUT2D eigenvalue weighted by Gasteiger charge is 2.46. The van der Waals surface area contributed by atoms with Crippen molar-refractivity contribution in [3.05, 3.63) is 33.1 Å². The topological polar surface area (TPSA) is 264 Å². The van der Waals surface area contributed by atoms with E-state index in [0.29, 0.717) is 4.57 Å². The van der Waals surface area contributed by atoms with E-state index in [1.54, 1.807) is 0 Å². The lowest BCUT2D eigenvalue weighted by atomic mass is 10.1. The molecule has 0 radical (unpaired) electrons. The van der Waals surface area contributed by atoms with Crippen LogP contribution in [0, 0.1) is 0 Å². The summed E-state index contributed by atoms with van der Waals surface area (Å²) in [6, 6.07) is 0.920. The van der Waals surface area contributed by atoms with Crippen molar-refractivity contribution in [1.29, 1.82) is 0 Å². The molecule has 1 aromatic heterocycles. The molecule has 20 heteroatoms. The zero-order chi connectivity index (χ0) is 22.2. The van der Waals surface area contributed by atoms with Crippen molar-refractivity contribution in [2.45, 2.75) is 24.5 Å². The van der Waals surface area contributed by atoms with Crippen molar-refractivity contribution in [1.82, 2.24) is 9.55 Å². The van der Waals surface area contributed by atoms with Gasteiger partial charge in [0.2, 0.25) is 0 Å². The number of aromatic amines is 1. The first-order chi connectivity index (χ1) is 13.1. The van der Waals surface area contributed by atoms with Gasteiger partial charge in [-0.15, -0.1) is 0 Å². The molecule has 0 amide bonds. The van der Waals surface area contributed by atoms with Crippen LogP contribution in [0.15, 0.2) is 21.9 Å². The number of aliphatic hydroxyl groups is 2. The summed E-state index contributed by atoms with van der Waals surface area (Å²) in [5, 5.41) is 19.9. The van der Waals surface area contributed by atoms with Gasteiger partial charge in [0.15, 0.2) is 6.23 Å². The van der Waals surface area contributed by atoms with E-state index in [9.17, 15) is 38.4 Å². The number of phosphoric acid groups is 3. The molecule has 2 rings (SSSR count). The molecule has 1 fully saturated rings. The van der Waals surface area contributed by atoms with Crippen LogP contribution < -0.4 is 11.2 Å². The van der Waals surface area contributed by atoms with Crippen LogP contribution in [0.2, 0.25) is 0 Å². The van der Waals surface area contributed by atoms with E-state index in [0.717, 1.165) is 12.3 Å². The summed E-state index contributed by atoms with van der Waals surface area (Å²) in [4.78, 5) is 59.9. The second kappa shape index (κ2) is 8.61. The fourth-order valence-electron chi connectivity index (χ4n) is 2.20. The molecule has 0 aliphatic carbocycles. The van der Waals surface area contributed by atoms with Crippen molar-refractivity contribution >= 4 is 23.5 Å². The van der Waals surface area contributed by atoms with Gasteiger partial charge in [0, 0.05) is 12.3 Å². The van der Waals surface area contributed by atoms with E-state index in [-0.39, 0.29) is 0 Å². The monoisotopic (exact) mass is 487 g/mol. The molecule has 6 atom stereocenters. The van der Waals surface area contributed by atoms with Gasteiger partial charge < -0.3 is 34.5 Å². The van der Waals surface area contributed by atoms with Crippen molar-refractivity contribution in [3.63, 3.8) is 0 Å². The average Bonchev–Trinajstić information content (AvgIpc) is 2.78. The van der Waals surface area contributed by atoms with E-state index in [2.05, 4.69) is 13.1 Å². The molecule has 1 aliphatic rings. The number of hydrogen-bond acceptors (Lipinski definition) is 11. The van der Waals surface area contributed by atoms with Gasteiger partial charge in [0.25, 0.3) is 5.56 Å². The Bertz CT molecular complexity index is 997. The van der Waals surface area contributed by atoms with Crippen LogP contribution in [0.5, 0.6) is 0 Å². The Balaban J connectivity index is 2.06. The molecule has 2 unspecified atom stereocenters. The predicted molar refractivity (Wildman–Crippen MR) is 87.1 cm³/mol. The number of phosphoric ester groups is 1. The fraction of sp³-hybridized carbons (Fsp3) is 0.556. The average molecular weight is 487 g/mol. The minimum absolute atomic E-state index is 0.708. The van der Waals surface area contributed by atoms with Gasteiger partial charge in [-0.05, 0) is 0 Å². The summed E-state index contributed by atoms with van der Waals surface area (Å²) in [5.41, 5.74) is -1.74. The second-order valence-corrected chi connectivity index (χ2v) is 9.87. The van der Waals surface area contributed by atoms with Gasteiger partial charge in [0.05, 0.1) is 6.61 Å². The summed E-state index contributed by atoms with van der Waals surface area (Å²) in [7, 11) is -16.8. The smallest absolute Gasteiger partial charge is 0.387 e. The zero-order valence-electron chi connectivity index (χ0n) is 13.8. The number of H-pyrrole nitrogens is 1. The molecule has 2 heterocycles. The summed E-state index contributed by atoms with van der Waals surface area (Å²) >= 11 is 0. The summed E-state index contributed by atoms with van der Waals surface area (Å²) in [6.07, 6.45) is -5.70. The highest BCUT2D eigenvalue weighted by Crippen LogP contribution is 2.66. The molecule has 166 valence electrons. The number of hydrogen-bond donors (Lipinski definition) is 7. The standard InChI is InChI=1S/C9H15N2O15P3/c12-5-1-2-11(9(15)10-5)8-7(14)6(13)4(24-8)3-23-28(19,20)26-29(21,22)25-27(16,17)18/h1-2,4,6-8,13-14H,3H2,(H,19,20)(H,21,22)(H,10,12,15)(H2,16,17,18)/t4-,6-,7-,8-/m1/s1/i9+1,10+1,11+1. The first kappa shape index (κ1) is 24.2. The van der Waals surface area contributed by atoms with E-state index in [4.69, 9.17) is 19.4 Å². The number of ether oxygens (including phenoxy) is 1. The van der Waals surface area contributed by atoms with Gasteiger partial charge in [-0.25, -0.2) is 18.5 Å². The van der Waals surface area contributed by atoms with Gasteiger partial charge in [-0.2, -0.15) is 8.62 Å². The Labute approximate surface area is 159 Å². The molecular formula is C9H15N2O15P3. The molecule has 7 N–H and O–H groups in total. The van der Waals surface area contributed by atoms with Crippen molar-refractivity contribution in [2.75, 3.05) is 6.61 Å². The van der Waals surface area contributed by atoms with E-state index < -0.39 is 65.9 Å². The Morgan fingerprint density at radius 3 is 2.21 bits per heavy atom. The number of aliphatic hydroxyl groups excluding tert-OH is 2. The lowest BCUT2D eigenvalue weighted by Crippen LogP contribution is -2.37. The fourth-order valence-corrected chi connectivity index (χ4v) is 5.23. The van der Waals surface area contributed by atoms with Crippen LogP contribution in [-0.4, -0.2) is 64.3 Å². The molecule has 1 aromatic rings. The minimum Gasteiger partial charge on any atom is -0.387 e. The van der Waals surface area contributed by atoms with Crippen LogP contribution in [0.25, 0.3) is 0 Å². The SMILES string of the molecule is O=c1cc[15n]([C@@H]2O[C@H](COP(=O)(O)OP(=O)(O)OP(=O)(O)O)[C@@H](O)[C@H]2O)[13c](=O)[15nH]1. The Morgan fingerprint density at radius 2 is 1.66 bits per heavy atom. The van der Waals surface area contributed by atoms with Crippen LogP contribution >= 0.6 is 23.5 Å². The number of nitrogens with one attached hydrogen (secondary N) is 1. The molecule has 0 spiro atoms. The minimum atomic E-state index is -5.73. The molecule has 1 saturated heterocycles. The number of nitrogens with zero attached hydrogens (tertiary/aromatic N) is 1. The molecule has 0 bridgehead atoms. The largest absolute Gasteiger partial charge is 0.490 e. The number of rotatable bonds is 8. The maximum Gasteiger partial charge on any atom is 0.490 e. The normalized spacial score (nSPS) is 29.3. The molecule has 29 heavy (non-hydrogen) atoms. The Kier molecular flexibility index (Phi) is 7.20. The number of aromatic nitrogens is 2. The van der Waals surface area contributed by atoms with E-state index in [1.165, 1.54) is 0 Å². The molecule has 0 aromatic carbocycles. The molecule has 1 aliphatic heterocycles. The summed E-state index contributed by atoms with van der Waals surface area (Å²) < 4.78 is 50.6. The van der Waals surface area contributed by atoms with Crippen LogP contribution in [0.3, 0.4) is 0 Å². The Hall–Kier alpha value is -1.03. The third-order valence-electron chi connectivity index (χ3n) is 3.28. The highest BCUT2D eigenvalue weighted by atomic mass is 31.3. The second-order valence-electron chi connectivity index (χ2n) is 5.45. The molecular weight excluding hydrogens is 472 g/mol. The maximum atomic E-state index is 11.7. The summed E-state index contributed by atoms with van der Waals surface area (Å²) in [5.74, 6) is 0.